The number of alkyl halides is 3. The Morgan fingerprint density at radius 3 is 2.72 bits per heavy atom. The van der Waals surface area contributed by atoms with E-state index in [9.17, 15) is 18.0 Å². The zero-order chi connectivity index (χ0) is 18.2. The minimum atomic E-state index is -4.52. The van der Waals surface area contributed by atoms with Crippen molar-refractivity contribution in [2.24, 2.45) is 7.05 Å². The minimum Gasteiger partial charge on any atom is -0.331 e. The summed E-state index contributed by atoms with van der Waals surface area (Å²) in [6, 6.07) is 0.732. The summed E-state index contributed by atoms with van der Waals surface area (Å²) in [6.07, 6.45) is -0.387. The molecule has 2 aromatic heterocycles. The quantitative estimate of drug-likeness (QED) is 0.845. The first kappa shape index (κ1) is 17.4. The van der Waals surface area contributed by atoms with E-state index in [-0.39, 0.29) is 18.5 Å². The van der Waals surface area contributed by atoms with E-state index >= 15 is 0 Å². The molecule has 7 nitrogen and oxygen atoms in total. The van der Waals surface area contributed by atoms with Crippen LogP contribution in [0, 0.1) is 6.92 Å². The Bertz CT molecular complexity index is 766. The molecule has 1 unspecified atom stereocenters. The first-order chi connectivity index (χ1) is 11.8. The van der Waals surface area contributed by atoms with Gasteiger partial charge in [-0.3, -0.25) is 9.48 Å². The van der Waals surface area contributed by atoms with Gasteiger partial charge in [0.15, 0.2) is 11.5 Å². The molecule has 0 N–H and O–H groups in total. The second kappa shape index (κ2) is 6.49. The van der Waals surface area contributed by atoms with Gasteiger partial charge in [0.1, 0.15) is 12.9 Å². The molecule has 2 aromatic rings. The molecule has 3 rings (SSSR count). The summed E-state index contributed by atoms with van der Waals surface area (Å²) in [5.41, 5.74) is -0.686. The first-order valence-corrected chi connectivity index (χ1v) is 8.02. The zero-order valence-corrected chi connectivity index (χ0v) is 14.0. The molecule has 1 amide bonds. The Labute approximate surface area is 142 Å². The lowest BCUT2D eigenvalue weighted by molar-refractivity contribution is -0.142. The molecule has 1 aliphatic rings. The molecular weight excluding hydrogens is 337 g/mol. The second-order valence-corrected chi connectivity index (χ2v) is 6.23. The number of nitrogens with zero attached hydrogens (tertiary/aromatic N) is 6. The second-order valence-electron chi connectivity index (χ2n) is 6.23. The van der Waals surface area contributed by atoms with Crippen molar-refractivity contribution in [3.8, 4) is 0 Å². The van der Waals surface area contributed by atoms with Crippen molar-refractivity contribution in [1.82, 2.24) is 29.4 Å². The lowest BCUT2D eigenvalue weighted by Gasteiger charge is -2.35. The third kappa shape index (κ3) is 3.52. The van der Waals surface area contributed by atoms with Crippen molar-refractivity contribution in [3.05, 3.63) is 29.6 Å². The molecule has 1 saturated heterocycles. The summed E-state index contributed by atoms with van der Waals surface area (Å²) in [7, 11) is 1.81. The molecule has 0 saturated carbocycles. The molecule has 1 fully saturated rings. The summed E-state index contributed by atoms with van der Waals surface area (Å²) in [5, 5.41) is 11.5. The Balaban J connectivity index is 1.80. The van der Waals surface area contributed by atoms with Crippen LogP contribution in [0.3, 0.4) is 0 Å². The maximum Gasteiger partial charge on any atom is 0.435 e. The van der Waals surface area contributed by atoms with Gasteiger partial charge in [0.2, 0.25) is 5.91 Å². The summed E-state index contributed by atoms with van der Waals surface area (Å²) in [6.45, 7) is 1.82. The largest absolute Gasteiger partial charge is 0.435 e. The van der Waals surface area contributed by atoms with Gasteiger partial charge >= 0.3 is 6.18 Å². The van der Waals surface area contributed by atoms with Gasteiger partial charge in [-0.1, -0.05) is 0 Å². The van der Waals surface area contributed by atoms with Gasteiger partial charge in [-0.05, 0) is 32.3 Å². The van der Waals surface area contributed by atoms with E-state index in [4.69, 9.17) is 0 Å². The SMILES string of the molecule is Cc1cc(C(F)(F)F)nn1CC(=O)N1CCCCC1c1nncn1C. The Hall–Kier alpha value is -2.39. The molecule has 3 heterocycles. The van der Waals surface area contributed by atoms with Crippen LogP contribution in [-0.2, 0) is 24.6 Å². The van der Waals surface area contributed by atoms with Crippen LogP contribution in [0.5, 0.6) is 0 Å². The van der Waals surface area contributed by atoms with Gasteiger partial charge in [0.25, 0.3) is 0 Å². The van der Waals surface area contributed by atoms with Crippen LogP contribution in [0.2, 0.25) is 0 Å². The van der Waals surface area contributed by atoms with Crippen molar-refractivity contribution in [3.63, 3.8) is 0 Å². The van der Waals surface area contributed by atoms with Crippen LogP contribution < -0.4 is 0 Å². The highest BCUT2D eigenvalue weighted by atomic mass is 19.4. The van der Waals surface area contributed by atoms with Gasteiger partial charge in [0.05, 0.1) is 6.04 Å². The van der Waals surface area contributed by atoms with E-state index in [1.807, 2.05) is 0 Å². The number of rotatable bonds is 3. The van der Waals surface area contributed by atoms with Crippen LogP contribution in [0.4, 0.5) is 13.2 Å². The molecule has 25 heavy (non-hydrogen) atoms. The summed E-state index contributed by atoms with van der Waals surface area (Å²) >= 11 is 0. The number of aryl methyl sites for hydroxylation is 2. The number of hydrogen-bond acceptors (Lipinski definition) is 4. The van der Waals surface area contributed by atoms with E-state index in [1.165, 1.54) is 6.92 Å². The predicted octanol–water partition coefficient (Wildman–Crippen LogP) is 2.09. The van der Waals surface area contributed by atoms with Crippen molar-refractivity contribution in [2.75, 3.05) is 6.54 Å². The molecule has 0 spiro atoms. The van der Waals surface area contributed by atoms with Gasteiger partial charge in [-0.2, -0.15) is 18.3 Å². The summed E-state index contributed by atoms with van der Waals surface area (Å²) in [5.74, 6) is 0.411. The van der Waals surface area contributed by atoms with E-state index in [1.54, 1.807) is 22.8 Å². The third-order valence-electron chi connectivity index (χ3n) is 4.42. The highest BCUT2D eigenvalue weighted by molar-refractivity contribution is 5.76. The van der Waals surface area contributed by atoms with Crippen LogP contribution in [0.1, 0.15) is 42.5 Å². The van der Waals surface area contributed by atoms with Crippen LogP contribution in [0.25, 0.3) is 0 Å². The highest BCUT2D eigenvalue weighted by Gasteiger charge is 2.35. The smallest absolute Gasteiger partial charge is 0.331 e. The fourth-order valence-corrected chi connectivity index (χ4v) is 3.12. The Kier molecular flexibility index (Phi) is 4.53. The standard InChI is InChI=1S/C15H19F3N6O/c1-10-7-12(15(16,17)18)21-24(10)8-13(25)23-6-4-3-5-11(23)14-20-19-9-22(14)2/h7,9,11H,3-6,8H2,1-2H3. The number of halogens is 3. The number of carbonyl (C=O) groups excluding carboxylic acids is 1. The molecule has 0 bridgehead atoms. The molecule has 0 radical (unpaired) electrons. The van der Waals surface area contributed by atoms with Crippen molar-refractivity contribution >= 4 is 5.91 Å². The predicted molar refractivity (Wildman–Crippen MR) is 81.3 cm³/mol. The summed E-state index contributed by atoms with van der Waals surface area (Å²) < 4.78 is 41.2. The normalized spacial score (nSPS) is 18.6. The molecule has 1 atom stereocenters. The third-order valence-corrected chi connectivity index (χ3v) is 4.42. The molecule has 10 heteroatoms. The lowest BCUT2D eigenvalue weighted by atomic mass is 10.0. The fraction of sp³-hybridized carbons (Fsp3) is 0.600. The maximum atomic E-state index is 12.8. The number of piperidine rings is 1. The first-order valence-electron chi connectivity index (χ1n) is 8.02. The minimum absolute atomic E-state index is 0.216. The molecule has 136 valence electrons. The van der Waals surface area contributed by atoms with Crippen LogP contribution in [-0.4, -0.2) is 41.9 Å². The number of hydrogen-bond donors (Lipinski definition) is 0. The van der Waals surface area contributed by atoms with Gasteiger partial charge in [-0.25, -0.2) is 0 Å². The van der Waals surface area contributed by atoms with E-state index in [2.05, 4.69) is 15.3 Å². The average molecular weight is 356 g/mol. The highest BCUT2D eigenvalue weighted by Crippen LogP contribution is 2.31. The zero-order valence-electron chi connectivity index (χ0n) is 14.0. The van der Waals surface area contributed by atoms with Crippen molar-refractivity contribution in [2.45, 2.75) is 44.9 Å². The van der Waals surface area contributed by atoms with Crippen molar-refractivity contribution < 1.29 is 18.0 Å². The molecule has 0 aromatic carbocycles. The summed E-state index contributed by atoms with van der Waals surface area (Å²) in [4.78, 5) is 14.4. The number of aromatic nitrogens is 5. The average Bonchev–Trinajstić information content (AvgIpc) is 3.13. The van der Waals surface area contributed by atoms with Gasteiger partial charge in [-0.15, -0.1) is 10.2 Å². The number of amides is 1. The Morgan fingerprint density at radius 2 is 2.12 bits per heavy atom. The van der Waals surface area contributed by atoms with Crippen LogP contribution >= 0.6 is 0 Å². The lowest BCUT2D eigenvalue weighted by Crippen LogP contribution is -2.41. The molecule has 1 aliphatic heterocycles. The monoisotopic (exact) mass is 356 g/mol. The molecular formula is C15H19F3N6O. The maximum absolute atomic E-state index is 12.8. The van der Waals surface area contributed by atoms with Crippen LogP contribution in [0.15, 0.2) is 12.4 Å². The van der Waals surface area contributed by atoms with E-state index in [0.717, 1.165) is 30.0 Å². The molecule has 0 aliphatic carbocycles. The van der Waals surface area contributed by atoms with E-state index < -0.39 is 11.9 Å². The number of likely N-dealkylation sites (tertiary alicyclic amines) is 1. The van der Waals surface area contributed by atoms with E-state index in [0.29, 0.717) is 18.1 Å². The Morgan fingerprint density at radius 1 is 1.36 bits per heavy atom. The van der Waals surface area contributed by atoms with Crippen molar-refractivity contribution in [1.29, 1.82) is 0 Å². The topological polar surface area (TPSA) is 68.8 Å². The fourth-order valence-electron chi connectivity index (χ4n) is 3.12. The number of carbonyl (C=O) groups is 1. The van der Waals surface area contributed by atoms with Gasteiger partial charge < -0.3 is 9.47 Å². The van der Waals surface area contributed by atoms with Gasteiger partial charge in [0, 0.05) is 19.3 Å².